The van der Waals surface area contributed by atoms with Gasteiger partial charge in [0, 0.05) is 11.0 Å². The molecule has 18 heavy (non-hydrogen) atoms. The Morgan fingerprint density at radius 1 is 1.33 bits per heavy atom. The summed E-state index contributed by atoms with van der Waals surface area (Å²) in [5.41, 5.74) is 0.258. The summed E-state index contributed by atoms with van der Waals surface area (Å²) < 4.78 is 26.1. The lowest BCUT2D eigenvalue weighted by Gasteiger charge is -2.15. The molecule has 0 radical (unpaired) electrons. The summed E-state index contributed by atoms with van der Waals surface area (Å²) in [6.07, 6.45) is 0.667. The molecular formula is C12H14BrNO3S. The van der Waals surface area contributed by atoms with Gasteiger partial charge in [0.05, 0.1) is 5.56 Å². The minimum Gasteiger partial charge on any atom is -0.268 e. The number of hydrogen-bond acceptors (Lipinski definition) is 3. The molecule has 1 aliphatic heterocycles. The van der Waals surface area contributed by atoms with Crippen molar-refractivity contribution in [1.82, 2.24) is 4.31 Å². The van der Waals surface area contributed by atoms with Gasteiger partial charge in [-0.1, -0.05) is 29.8 Å². The van der Waals surface area contributed by atoms with Crippen molar-refractivity contribution in [2.24, 2.45) is 5.92 Å². The number of benzene rings is 1. The average molecular weight is 332 g/mol. The Morgan fingerprint density at radius 2 is 2.00 bits per heavy atom. The van der Waals surface area contributed by atoms with Crippen molar-refractivity contribution in [1.29, 1.82) is 0 Å². The SMILES string of the molecule is CC(C)CCN1C(=O)c2cc(Br)ccc2S1(=O)=O. The molecular weight excluding hydrogens is 318 g/mol. The third-order valence-electron chi connectivity index (χ3n) is 2.88. The Kier molecular flexibility index (Phi) is 3.51. The maximum atomic E-state index is 12.2. The zero-order chi connectivity index (χ0) is 13.5. The highest BCUT2D eigenvalue weighted by Crippen LogP contribution is 2.32. The van der Waals surface area contributed by atoms with Crippen molar-refractivity contribution >= 4 is 31.9 Å². The summed E-state index contributed by atoms with van der Waals surface area (Å²) in [5, 5.41) is 0. The van der Waals surface area contributed by atoms with E-state index in [9.17, 15) is 13.2 Å². The number of carbonyl (C=O) groups excluding carboxylic acids is 1. The van der Waals surface area contributed by atoms with Crippen molar-refractivity contribution in [2.75, 3.05) is 6.54 Å². The van der Waals surface area contributed by atoms with Crippen LogP contribution in [0.5, 0.6) is 0 Å². The van der Waals surface area contributed by atoms with Crippen LogP contribution in [0.15, 0.2) is 27.6 Å². The molecule has 0 fully saturated rings. The molecule has 1 aromatic rings. The quantitative estimate of drug-likeness (QED) is 0.855. The fourth-order valence-electron chi connectivity index (χ4n) is 1.85. The molecule has 0 bridgehead atoms. The Morgan fingerprint density at radius 3 is 2.61 bits per heavy atom. The first kappa shape index (κ1) is 13.5. The smallest absolute Gasteiger partial charge is 0.268 e. The molecule has 1 aromatic carbocycles. The van der Waals surface area contributed by atoms with Gasteiger partial charge in [-0.2, -0.15) is 0 Å². The molecule has 1 amide bonds. The maximum Gasteiger partial charge on any atom is 0.269 e. The van der Waals surface area contributed by atoms with Crippen LogP contribution in [-0.4, -0.2) is 25.2 Å². The van der Waals surface area contributed by atoms with Gasteiger partial charge in [0.25, 0.3) is 15.9 Å². The van der Waals surface area contributed by atoms with Gasteiger partial charge in [0.1, 0.15) is 4.90 Å². The van der Waals surface area contributed by atoms with Crippen LogP contribution in [0.3, 0.4) is 0 Å². The summed E-state index contributed by atoms with van der Waals surface area (Å²) in [6, 6.07) is 4.67. The summed E-state index contributed by atoms with van der Waals surface area (Å²) in [5.74, 6) is -0.0737. The number of nitrogens with zero attached hydrogens (tertiary/aromatic N) is 1. The molecule has 1 heterocycles. The highest BCUT2D eigenvalue weighted by atomic mass is 79.9. The molecule has 0 saturated heterocycles. The summed E-state index contributed by atoms with van der Waals surface area (Å²) in [7, 11) is -3.65. The predicted octanol–water partition coefficient (Wildman–Crippen LogP) is 2.64. The first-order valence-electron chi connectivity index (χ1n) is 5.70. The van der Waals surface area contributed by atoms with Crippen LogP contribution in [0.1, 0.15) is 30.6 Å². The fraction of sp³-hybridized carbons (Fsp3) is 0.417. The molecule has 0 aliphatic carbocycles. The van der Waals surface area contributed by atoms with E-state index < -0.39 is 15.9 Å². The number of rotatable bonds is 3. The van der Waals surface area contributed by atoms with Crippen LogP contribution in [0.25, 0.3) is 0 Å². The van der Waals surface area contributed by atoms with Crippen molar-refractivity contribution in [3.05, 3.63) is 28.2 Å². The molecule has 6 heteroatoms. The van der Waals surface area contributed by atoms with Crippen molar-refractivity contribution in [3.63, 3.8) is 0 Å². The van der Waals surface area contributed by atoms with Crippen LogP contribution < -0.4 is 0 Å². The summed E-state index contributed by atoms with van der Waals surface area (Å²) in [6.45, 7) is 4.24. The Labute approximate surface area is 115 Å². The van der Waals surface area contributed by atoms with Gasteiger partial charge in [0.15, 0.2) is 0 Å². The highest BCUT2D eigenvalue weighted by molar-refractivity contribution is 9.10. The van der Waals surface area contributed by atoms with E-state index in [0.29, 0.717) is 16.8 Å². The Bertz CT molecular complexity index is 595. The second-order valence-electron chi connectivity index (χ2n) is 4.71. The minimum atomic E-state index is -3.65. The number of amides is 1. The monoisotopic (exact) mass is 331 g/mol. The third kappa shape index (κ3) is 2.19. The number of carbonyl (C=O) groups is 1. The van der Waals surface area contributed by atoms with Crippen molar-refractivity contribution in [3.8, 4) is 0 Å². The Hall–Kier alpha value is -0.880. The zero-order valence-electron chi connectivity index (χ0n) is 10.2. The molecule has 0 saturated carbocycles. The van der Waals surface area contributed by atoms with Gasteiger partial charge < -0.3 is 0 Å². The molecule has 0 aromatic heterocycles. The largest absolute Gasteiger partial charge is 0.269 e. The minimum absolute atomic E-state index is 0.111. The number of hydrogen-bond donors (Lipinski definition) is 0. The average Bonchev–Trinajstić information content (AvgIpc) is 2.44. The van der Waals surface area contributed by atoms with Gasteiger partial charge in [-0.25, -0.2) is 12.7 Å². The lowest BCUT2D eigenvalue weighted by atomic mass is 10.1. The molecule has 0 atom stereocenters. The van der Waals surface area contributed by atoms with Gasteiger partial charge in [-0.15, -0.1) is 0 Å². The summed E-state index contributed by atoms with van der Waals surface area (Å²) in [4.78, 5) is 12.2. The van der Waals surface area contributed by atoms with E-state index in [1.807, 2.05) is 13.8 Å². The van der Waals surface area contributed by atoms with Crippen LogP contribution in [0.4, 0.5) is 0 Å². The molecule has 0 unspecified atom stereocenters. The van der Waals surface area contributed by atoms with Crippen LogP contribution in [0, 0.1) is 5.92 Å². The lowest BCUT2D eigenvalue weighted by molar-refractivity contribution is 0.0867. The van der Waals surface area contributed by atoms with E-state index in [4.69, 9.17) is 0 Å². The van der Waals surface area contributed by atoms with Gasteiger partial charge >= 0.3 is 0 Å². The second-order valence-corrected chi connectivity index (χ2v) is 7.45. The third-order valence-corrected chi connectivity index (χ3v) is 5.21. The van der Waals surface area contributed by atoms with Gasteiger partial charge in [0.2, 0.25) is 0 Å². The molecule has 0 spiro atoms. The molecule has 1 aliphatic rings. The first-order valence-corrected chi connectivity index (χ1v) is 7.94. The molecule has 0 N–H and O–H groups in total. The van der Waals surface area contributed by atoms with Gasteiger partial charge in [-0.3, -0.25) is 4.79 Å². The van der Waals surface area contributed by atoms with E-state index in [-0.39, 0.29) is 17.0 Å². The van der Waals surface area contributed by atoms with Crippen molar-refractivity contribution < 1.29 is 13.2 Å². The van der Waals surface area contributed by atoms with Crippen LogP contribution in [-0.2, 0) is 10.0 Å². The van der Waals surface area contributed by atoms with E-state index in [2.05, 4.69) is 15.9 Å². The van der Waals surface area contributed by atoms with Crippen LogP contribution in [0.2, 0.25) is 0 Å². The lowest BCUT2D eigenvalue weighted by Crippen LogP contribution is -2.31. The predicted molar refractivity (Wildman–Crippen MR) is 71.8 cm³/mol. The maximum absolute atomic E-state index is 12.2. The Balaban J connectivity index is 2.41. The standard InChI is InChI=1S/C12H14BrNO3S/c1-8(2)5-6-14-12(15)10-7-9(13)3-4-11(10)18(14,16)17/h3-4,7-8H,5-6H2,1-2H3. The second kappa shape index (κ2) is 4.66. The van der Waals surface area contributed by atoms with E-state index >= 15 is 0 Å². The number of halogens is 1. The normalized spacial score (nSPS) is 17.3. The highest BCUT2D eigenvalue weighted by Gasteiger charge is 2.40. The molecule has 4 nitrogen and oxygen atoms in total. The fourth-order valence-corrected chi connectivity index (χ4v) is 3.78. The van der Waals surface area contributed by atoms with E-state index in [0.717, 1.165) is 4.31 Å². The number of sulfonamides is 1. The first-order chi connectivity index (χ1) is 8.34. The summed E-state index contributed by atoms with van der Waals surface area (Å²) >= 11 is 3.25. The topological polar surface area (TPSA) is 54.5 Å². The van der Waals surface area contributed by atoms with Gasteiger partial charge in [-0.05, 0) is 30.5 Å². The number of fused-ring (bicyclic) bond motifs is 1. The molecule has 2 rings (SSSR count). The van der Waals surface area contributed by atoms with E-state index in [1.54, 1.807) is 12.1 Å². The van der Waals surface area contributed by atoms with Crippen molar-refractivity contribution in [2.45, 2.75) is 25.2 Å². The van der Waals surface area contributed by atoms with Crippen LogP contribution >= 0.6 is 15.9 Å². The van der Waals surface area contributed by atoms with E-state index in [1.165, 1.54) is 6.07 Å². The molecule has 98 valence electrons. The zero-order valence-corrected chi connectivity index (χ0v) is 12.6.